The minimum Gasteiger partial charge on any atom is -0.384 e. The molecule has 0 aromatic heterocycles. The van der Waals surface area contributed by atoms with Crippen LogP contribution in [0.25, 0.3) is 0 Å². The van der Waals surface area contributed by atoms with Crippen LogP contribution in [0.3, 0.4) is 0 Å². The topological polar surface area (TPSA) is 29.3 Å². The first kappa shape index (κ1) is 10.7. The standard InChI is InChI=1S/C13H22NO2/c1-12-7-10-3-5-13(8-10,9-12)11(14(12)15)4-6-16-2/h10-11H,3-9H2,1-2H3/q+1. The van der Waals surface area contributed by atoms with Crippen molar-refractivity contribution in [1.29, 1.82) is 0 Å². The van der Waals surface area contributed by atoms with Gasteiger partial charge < -0.3 is 4.74 Å². The summed E-state index contributed by atoms with van der Waals surface area (Å²) in [4.78, 5) is 12.5. The van der Waals surface area contributed by atoms with Crippen molar-refractivity contribution in [3.63, 3.8) is 0 Å². The lowest BCUT2D eigenvalue weighted by Crippen LogP contribution is -2.37. The zero-order chi connectivity index (χ0) is 11.4. The van der Waals surface area contributed by atoms with Crippen molar-refractivity contribution >= 4 is 0 Å². The van der Waals surface area contributed by atoms with Gasteiger partial charge in [-0.3, -0.25) is 0 Å². The van der Waals surface area contributed by atoms with E-state index in [0.29, 0.717) is 5.41 Å². The van der Waals surface area contributed by atoms with Crippen LogP contribution in [0.1, 0.15) is 45.4 Å². The van der Waals surface area contributed by atoms with Crippen LogP contribution in [-0.4, -0.2) is 30.1 Å². The molecular weight excluding hydrogens is 202 g/mol. The van der Waals surface area contributed by atoms with Gasteiger partial charge >= 0.3 is 0 Å². The maximum atomic E-state index is 12.5. The highest BCUT2D eigenvalue weighted by Crippen LogP contribution is 2.63. The van der Waals surface area contributed by atoms with Gasteiger partial charge in [0.25, 0.3) is 0 Å². The van der Waals surface area contributed by atoms with Crippen LogP contribution in [0.15, 0.2) is 0 Å². The quantitative estimate of drug-likeness (QED) is 0.689. The minimum absolute atomic E-state index is 0.0577. The van der Waals surface area contributed by atoms with E-state index in [0.717, 1.165) is 31.8 Å². The number of fused-ring (bicyclic) bond motifs is 2. The number of nitrogens with zero attached hydrogens (tertiary/aromatic N) is 1. The number of nitroso groups, excluding NO2 is 1. The summed E-state index contributed by atoms with van der Waals surface area (Å²) in [6, 6.07) is 0.227. The van der Waals surface area contributed by atoms with Crippen LogP contribution in [-0.2, 0) is 4.74 Å². The van der Waals surface area contributed by atoms with Crippen molar-refractivity contribution in [2.75, 3.05) is 13.7 Å². The summed E-state index contributed by atoms with van der Waals surface area (Å²) in [6.45, 7) is 2.91. The zero-order valence-corrected chi connectivity index (χ0v) is 10.4. The molecule has 3 heteroatoms. The minimum atomic E-state index is -0.0577. The van der Waals surface area contributed by atoms with E-state index in [9.17, 15) is 4.91 Å². The summed E-state index contributed by atoms with van der Waals surface area (Å²) in [6.07, 6.45) is 7.11. The molecule has 0 N–H and O–H groups in total. The van der Waals surface area contributed by atoms with Crippen LogP contribution in [0.5, 0.6) is 0 Å². The second-order valence-electron chi connectivity index (χ2n) is 6.47. The molecule has 3 aliphatic rings. The van der Waals surface area contributed by atoms with Gasteiger partial charge in [-0.1, -0.05) is 0 Å². The van der Waals surface area contributed by atoms with E-state index < -0.39 is 0 Å². The third-order valence-corrected chi connectivity index (χ3v) is 5.32. The van der Waals surface area contributed by atoms with Gasteiger partial charge in [-0.15, -0.1) is 0 Å². The third kappa shape index (κ3) is 1.24. The van der Waals surface area contributed by atoms with E-state index in [4.69, 9.17) is 4.74 Å². The fourth-order valence-electron chi connectivity index (χ4n) is 4.92. The summed E-state index contributed by atoms with van der Waals surface area (Å²) in [7, 11) is 1.73. The van der Waals surface area contributed by atoms with Gasteiger partial charge in [-0.05, 0) is 25.2 Å². The Morgan fingerprint density at radius 3 is 3.00 bits per heavy atom. The number of rotatable bonds is 3. The Hall–Kier alpha value is -0.440. The molecule has 4 atom stereocenters. The van der Waals surface area contributed by atoms with Crippen molar-refractivity contribution in [1.82, 2.24) is 0 Å². The van der Waals surface area contributed by atoms with Gasteiger partial charge in [0, 0.05) is 48.4 Å². The van der Waals surface area contributed by atoms with Gasteiger partial charge in [-0.25, -0.2) is 0 Å². The number of hydrogen-bond donors (Lipinski definition) is 0. The number of hydrogen-bond acceptors (Lipinski definition) is 2. The molecule has 1 spiro atoms. The highest BCUT2D eigenvalue weighted by molar-refractivity contribution is 5.08. The fourth-order valence-corrected chi connectivity index (χ4v) is 4.92. The molecule has 0 amide bonds. The predicted octanol–water partition coefficient (Wildman–Crippen LogP) is 2.52. The van der Waals surface area contributed by atoms with E-state index in [1.165, 1.54) is 24.0 Å². The van der Waals surface area contributed by atoms with Gasteiger partial charge in [-0.2, -0.15) is 0 Å². The Balaban J connectivity index is 1.91. The fraction of sp³-hybridized carbons (Fsp3) is 1.00. The molecule has 1 heterocycles. The van der Waals surface area contributed by atoms with Crippen molar-refractivity contribution < 1.29 is 9.50 Å². The molecule has 0 aromatic carbocycles. The van der Waals surface area contributed by atoms with Gasteiger partial charge in [0.2, 0.25) is 11.6 Å². The first-order valence-electron chi connectivity index (χ1n) is 6.55. The lowest BCUT2D eigenvalue weighted by Gasteiger charge is -2.28. The maximum absolute atomic E-state index is 12.5. The Labute approximate surface area is 97.1 Å². The van der Waals surface area contributed by atoms with Crippen LogP contribution in [0.4, 0.5) is 0 Å². The van der Waals surface area contributed by atoms with E-state index >= 15 is 0 Å². The van der Waals surface area contributed by atoms with Crippen LogP contribution in [0, 0.1) is 16.2 Å². The van der Waals surface area contributed by atoms with Crippen LogP contribution < -0.4 is 0 Å². The van der Waals surface area contributed by atoms with Crippen LogP contribution >= 0.6 is 0 Å². The molecule has 1 aliphatic heterocycles. The Morgan fingerprint density at radius 2 is 2.25 bits per heavy atom. The van der Waals surface area contributed by atoms with Gasteiger partial charge in [0.15, 0.2) is 0 Å². The first-order valence-corrected chi connectivity index (χ1v) is 6.55. The summed E-state index contributed by atoms with van der Waals surface area (Å²) < 4.78 is 6.62. The highest BCUT2D eigenvalue weighted by Gasteiger charge is 2.70. The van der Waals surface area contributed by atoms with Crippen molar-refractivity contribution in [2.24, 2.45) is 11.3 Å². The smallest absolute Gasteiger partial charge is 0.210 e. The average molecular weight is 224 g/mol. The molecule has 16 heavy (non-hydrogen) atoms. The number of methoxy groups -OCH3 is 1. The largest absolute Gasteiger partial charge is 0.384 e. The summed E-state index contributed by atoms with van der Waals surface area (Å²) in [5.41, 5.74) is 0.287. The van der Waals surface area contributed by atoms with E-state index in [2.05, 4.69) is 6.92 Å². The molecule has 3 bridgehead atoms. The SMILES string of the molecule is COCCC1[N+](=O)C2(C)CC3CCC1(C3)C2. The molecule has 90 valence electrons. The van der Waals surface area contributed by atoms with Crippen molar-refractivity contribution in [2.45, 2.75) is 57.0 Å². The molecule has 3 rings (SSSR count). The molecule has 2 saturated carbocycles. The molecule has 0 aromatic rings. The van der Waals surface area contributed by atoms with E-state index in [1.54, 1.807) is 7.11 Å². The highest BCUT2D eigenvalue weighted by atomic mass is 16.5. The van der Waals surface area contributed by atoms with Gasteiger partial charge in [0.05, 0.1) is 6.61 Å². The van der Waals surface area contributed by atoms with Crippen molar-refractivity contribution in [3.8, 4) is 0 Å². The number of ether oxygens (including phenoxy) is 1. The molecule has 3 nitrogen and oxygen atoms in total. The van der Waals surface area contributed by atoms with E-state index in [-0.39, 0.29) is 11.6 Å². The average Bonchev–Trinajstić information content (AvgIpc) is 2.62. The third-order valence-electron chi connectivity index (χ3n) is 5.32. The molecular formula is C13H22NO2+. The lowest BCUT2D eigenvalue weighted by atomic mass is 9.69. The second-order valence-corrected chi connectivity index (χ2v) is 6.47. The summed E-state index contributed by atoms with van der Waals surface area (Å²) in [5, 5.41) is 0. The Morgan fingerprint density at radius 1 is 1.44 bits per heavy atom. The normalized spacial score (nSPS) is 50.0. The molecule has 3 fully saturated rings. The zero-order valence-electron chi connectivity index (χ0n) is 10.4. The predicted molar refractivity (Wildman–Crippen MR) is 61.3 cm³/mol. The van der Waals surface area contributed by atoms with Crippen LogP contribution in [0.2, 0.25) is 0 Å². The monoisotopic (exact) mass is 224 g/mol. The van der Waals surface area contributed by atoms with Gasteiger partial charge in [0.1, 0.15) is 0 Å². The maximum Gasteiger partial charge on any atom is 0.210 e. The Kier molecular flexibility index (Phi) is 2.19. The van der Waals surface area contributed by atoms with E-state index in [1.807, 2.05) is 0 Å². The second kappa shape index (κ2) is 3.28. The van der Waals surface area contributed by atoms with Crippen molar-refractivity contribution in [3.05, 3.63) is 4.91 Å². The molecule has 0 radical (unpaired) electrons. The molecule has 2 aliphatic carbocycles. The molecule has 4 unspecified atom stereocenters. The summed E-state index contributed by atoms with van der Waals surface area (Å²) >= 11 is 0. The first-order chi connectivity index (χ1) is 7.60. The lowest BCUT2D eigenvalue weighted by molar-refractivity contribution is -0.639. The summed E-state index contributed by atoms with van der Waals surface area (Å²) in [5.74, 6) is 0.822. The molecule has 1 saturated heterocycles. The Bertz CT molecular complexity index is 330.